The molecule has 0 amide bonds. The standard InChI is InChI=1S/C11H12FN3O2S/c12-8-3-1-2-4-9(8)16-7-10-14-15-11(17-10)18-6-5-13/h1-4H,5-7,13H2. The van der Waals surface area contributed by atoms with Crippen LogP contribution in [0.25, 0.3) is 0 Å². The first kappa shape index (κ1) is 12.8. The molecule has 18 heavy (non-hydrogen) atoms. The van der Waals surface area contributed by atoms with Crippen LogP contribution in [-0.2, 0) is 6.61 Å². The van der Waals surface area contributed by atoms with Crippen molar-refractivity contribution in [3.8, 4) is 5.75 Å². The van der Waals surface area contributed by atoms with E-state index in [1.807, 2.05) is 0 Å². The highest BCUT2D eigenvalue weighted by atomic mass is 32.2. The maximum Gasteiger partial charge on any atom is 0.276 e. The number of benzene rings is 1. The Hall–Kier alpha value is -1.60. The molecule has 7 heteroatoms. The molecule has 2 aromatic rings. The zero-order valence-electron chi connectivity index (χ0n) is 9.51. The van der Waals surface area contributed by atoms with Crippen molar-refractivity contribution in [1.29, 1.82) is 0 Å². The van der Waals surface area contributed by atoms with Crippen molar-refractivity contribution in [3.63, 3.8) is 0 Å². The molecule has 0 saturated heterocycles. The summed E-state index contributed by atoms with van der Waals surface area (Å²) in [7, 11) is 0. The van der Waals surface area contributed by atoms with Crippen LogP contribution in [0, 0.1) is 5.82 Å². The van der Waals surface area contributed by atoms with E-state index < -0.39 is 5.82 Å². The lowest BCUT2D eigenvalue weighted by Crippen LogP contribution is -2.00. The number of rotatable bonds is 6. The quantitative estimate of drug-likeness (QED) is 0.806. The molecule has 1 aromatic carbocycles. The summed E-state index contributed by atoms with van der Waals surface area (Å²) in [4.78, 5) is 0. The maximum atomic E-state index is 13.3. The third kappa shape index (κ3) is 3.44. The summed E-state index contributed by atoms with van der Waals surface area (Å²) in [5.74, 6) is 0.745. The van der Waals surface area contributed by atoms with Crippen molar-refractivity contribution in [2.75, 3.05) is 12.3 Å². The molecule has 96 valence electrons. The molecule has 5 nitrogen and oxygen atoms in total. The Morgan fingerprint density at radius 1 is 1.33 bits per heavy atom. The monoisotopic (exact) mass is 269 g/mol. The van der Waals surface area contributed by atoms with E-state index in [0.717, 1.165) is 0 Å². The van der Waals surface area contributed by atoms with Gasteiger partial charge in [-0.15, -0.1) is 10.2 Å². The fourth-order valence-electron chi connectivity index (χ4n) is 1.20. The van der Waals surface area contributed by atoms with Crippen LogP contribution in [0.15, 0.2) is 33.9 Å². The smallest absolute Gasteiger partial charge is 0.276 e. The Bertz CT molecular complexity index is 507. The van der Waals surface area contributed by atoms with Gasteiger partial charge in [0.2, 0.25) is 0 Å². The second kappa shape index (κ2) is 6.36. The summed E-state index contributed by atoms with van der Waals surface area (Å²) in [5.41, 5.74) is 5.36. The Morgan fingerprint density at radius 3 is 2.94 bits per heavy atom. The van der Waals surface area contributed by atoms with Crippen LogP contribution in [0.4, 0.5) is 4.39 Å². The average Bonchev–Trinajstić information content (AvgIpc) is 2.83. The second-order valence-electron chi connectivity index (χ2n) is 3.32. The summed E-state index contributed by atoms with van der Waals surface area (Å²) in [6.07, 6.45) is 0. The molecule has 0 saturated carbocycles. The summed E-state index contributed by atoms with van der Waals surface area (Å²) in [6, 6.07) is 6.15. The van der Waals surface area contributed by atoms with E-state index in [0.29, 0.717) is 23.4 Å². The van der Waals surface area contributed by atoms with Crippen molar-refractivity contribution in [3.05, 3.63) is 36.0 Å². The maximum absolute atomic E-state index is 13.3. The van der Waals surface area contributed by atoms with Crippen LogP contribution in [0.5, 0.6) is 5.75 Å². The lowest BCUT2D eigenvalue weighted by molar-refractivity contribution is 0.242. The Balaban J connectivity index is 1.90. The highest BCUT2D eigenvalue weighted by Gasteiger charge is 2.08. The minimum absolute atomic E-state index is 0.0388. The minimum atomic E-state index is -0.422. The number of hydrogen-bond acceptors (Lipinski definition) is 6. The average molecular weight is 269 g/mol. The van der Waals surface area contributed by atoms with Gasteiger partial charge in [0.05, 0.1) is 0 Å². The Kier molecular flexibility index (Phi) is 4.54. The predicted octanol–water partition coefficient (Wildman–Crippen LogP) is 1.84. The third-order valence-electron chi connectivity index (χ3n) is 1.98. The highest BCUT2D eigenvalue weighted by molar-refractivity contribution is 7.99. The molecule has 0 spiro atoms. The van der Waals surface area contributed by atoms with Crippen molar-refractivity contribution in [1.82, 2.24) is 10.2 Å². The van der Waals surface area contributed by atoms with Crippen molar-refractivity contribution in [2.24, 2.45) is 5.73 Å². The zero-order valence-corrected chi connectivity index (χ0v) is 10.3. The molecule has 0 aliphatic rings. The van der Waals surface area contributed by atoms with E-state index in [9.17, 15) is 4.39 Å². The van der Waals surface area contributed by atoms with Gasteiger partial charge in [0.25, 0.3) is 11.1 Å². The number of aromatic nitrogens is 2. The molecule has 0 bridgehead atoms. The molecule has 0 fully saturated rings. The summed E-state index contributed by atoms with van der Waals surface area (Å²) < 4.78 is 23.8. The molecule has 2 N–H and O–H groups in total. The number of ether oxygens (including phenoxy) is 1. The first-order chi connectivity index (χ1) is 8.79. The van der Waals surface area contributed by atoms with E-state index in [1.165, 1.54) is 23.9 Å². The van der Waals surface area contributed by atoms with Crippen LogP contribution in [-0.4, -0.2) is 22.5 Å². The van der Waals surface area contributed by atoms with Gasteiger partial charge >= 0.3 is 0 Å². The third-order valence-corrected chi connectivity index (χ3v) is 2.83. The lowest BCUT2D eigenvalue weighted by atomic mass is 10.3. The number of halogens is 1. The van der Waals surface area contributed by atoms with E-state index in [-0.39, 0.29) is 12.4 Å². The fourth-order valence-corrected chi connectivity index (χ4v) is 1.75. The molecular weight excluding hydrogens is 257 g/mol. The number of thioether (sulfide) groups is 1. The van der Waals surface area contributed by atoms with Crippen molar-refractivity contribution >= 4 is 11.8 Å². The first-order valence-electron chi connectivity index (χ1n) is 5.32. The van der Waals surface area contributed by atoms with Gasteiger partial charge < -0.3 is 14.9 Å². The predicted molar refractivity (Wildman–Crippen MR) is 64.8 cm³/mol. The Morgan fingerprint density at radius 2 is 2.17 bits per heavy atom. The lowest BCUT2D eigenvalue weighted by Gasteiger charge is -2.03. The van der Waals surface area contributed by atoms with Crippen LogP contribution < -0.4 is 10.5 Å². The SMILES string of the molecule is NCCSc1nnc(COc2ccccc2F)o1. The van der Waals surface area contributed by atoms with Gasteiger partial charge in [-0.05, 0) is 12.1 Å². The van der Waals surface area contributed by atoms with Crippen molar-refractivity contribution < 1.29 is 13.5 Å². The molecule has 0 radical (unpaired) electrons. The molecular formula is C11H12FN3O2S. The van der Waals surface area contributed by atoms with Gasteiger partial charge in [-0.25, -0.2) is 4.39 Å². The molecule has 1 heterocycles. The minimum Gasteiger partial charge on any atom is -0.481 e. The molecule has 0 aliphatic carbocycles. The van der Waals surface area contributed by atoms with Gasteiger partial charge in [-0.3, -0.25) is 0 Å². The van der Waals surface area contributed by atoms with Crippen LogP contribution >= 0.6 is 11.8 Å². The van der Waals surface area contributed by atoms with Gasteiger partial charge in [0.1, 0.15) is 0 Å². The van der Waals surface area contributed by atoms with Crippen molar-refractivity contribution in [2.45, 2.75) is 11.8 Å². The van der Waals surface area contributed by atoms with Gasteiger partial charge in [-0.2, -0.15) is 0 Å². The molecule has 0 atom stereocenters. The molecule has 0 unspecified atom stereocenters. The molecule has 0 aliphatic heterocycles. The summed E-state index contributed by atoms with van der Waals surface area (Å²) >= 11 is 1.37. The zero-order chi connectivity index (χ0) is 12.8. The molecule has 2 rings (SSSR count). The topological polar surface area (TPSA) is 74.2 Å². The van der Waals surface area contributed by atoms with E-state index in [2.05, 4.69) is 10.2 Å². The normalized spacial score (nSPS) is 10.6. The largest absolute Gasteiger partial charge is 0.481 e. The molecule has 1 aromatic heterocycles. The van der Waals surface area contributed by atoms with E-state index in [1.54, 1.807) is 12.1 Å². The number of hydrogen-bond donors (Lipinski definition) is 1. The number of nitrogens with two attached hydrogens (primary N) is 1. The second-order valence-corrected chi connectivity index (χ2v) is 4.36. The summed E-state index contributed by atoms with van der Waals surface area (Å²) in [5, 5.41) is 8.03. The highest BCUT2D eigenvalue weighted by Crippen LogP contribution is 2.19. The van der Waals surface area contributed by atoms with Gasteiger partial charge in [0, 0.05) is 12.3 Å². The summed E-state index contributed by atoms with van der Waals surface area (Å²) in [6.45, 7) is 0.575. The fraction of sp³-hybridized carbons (Fsp3) is 0.273. The van der Waals surface area contributed by atoms with Crippen LogP contribution in [0.3, 0.4) is 0 Å². The van der Waals surface area contributed by atoms with E-state index in [4.69, 9.17) is 14.9 Å². The first-order valence-corrected chi connectivity index (χ1v) is 6.30. The van der Waals surface area contributed by atoms with Crippen LogP contribution in [0.1, 0.15) is 5.89 Å². The van der Waals surface area contributed by atoms with Crippen LogP contribution in [0.2, 0.25) is 0 Å². The van der Waals surface area contributed by atoms with E-state index >= 15 is 0 Å². The van der Waals surface area contributed by atoms with Gasteiger partial charge in [-0.1, -0.05) is 23.9 Å². The Labute approximate surface area is 108 Å². The van der Waals surface area contributed by atoms with Gasteiger partial charge in [0.15, 0.2) is 18.2 Å². The number of nitrogens with zero attached hydrogens (tertiary/aromatic N) is 2. The number of para-hydroxylation sites is 1.